The molecule has 8 heteroatoms. The second-order valence-corrected chi connectivity index (χ2v) is 13.8. The van der Waals surface area contributed by atoms with Crippen molar-refractivity contribution in [2.75, 3.05) is 6.61 Å². The van der Waals surface area contributed by atoms with Gasteiger partial charge in [0.25, 0.3) is 0 Å². The minimum Gasteiger partial charge on any atom is -0.441 e. The van der Waals surface area contributed by atoms with Crippen LogP contribution in [0.2, 0.25) is 0 Å². The quantitative estimate of drug-likeness (QED) is 0.300. The molecule has 1 saturated carbocycles. The van der Waals surface area contributed by atoms with Crippen molar-refractivity contribution >= 4 is 12.1 Å². The van der Waals surface area contributed by atoms with Gasteiger partial charge in [-0.05, 0) is 73.5 Å². The van der Waals surface area contributed by atoms with Gasteiger partial charge < -0.3 is 24.6 Å². The lowest BCUT2D eigenvalue weighted by molar-refractivity contribution is -0.118. The van der Waals surface area contributed by atoms with E-state index < -0.39 is 23.8 Å². The third-order valence-electron chi connectivity index (χ3n) is 10.5. The van der Waals surface area contributed by atoms with Crippen LogP contribution in [0.3, 0.4) is 0 Å². The maximum Gasteiger partial charge on any atom is 0.418 e. The molecule has 4 aliphatic rings. The summed E-state index contributed by atoms with van der Waals surface area (Å²) in [6.07, 6.45) is 1.44. The summed E-state index contributed by atoms with van der Waals surface area (Å²) >= 11 is 0. The van der Waals surface area contributed by atoms with Crippen LogP contribution >= 0.6 is 0 Å². The Balaban J connectivity index is 1.21. The summed E-state index contributed by atoms with van der Waals surface area (Å²) in [4.78, 5) is 28.3. The van der Waals surface area contributed by atoms with Crippen molar-refractivity contribution in [1.82, 2.24) is 10.2 Å². The van der Waals surface area contributed by atoms with E-state index in [1.165, 1.54) is 0 Å². The van der Waals surface area contributed by atoms with E-state index in [0.29, 0.717) is 31.1 Å². The molecule has 2 bridgehead atoms. The average Bonchev–Trinajstić information content (AvgIpc) is 3.66. The average molecular weight is 603 g/mol. The van der Waals surface area contributed by atoms with Gasteiger partial charge in [0.05, 0.1) is 36.6 Å². The number of rotatable bonds is 6. The van der Waals surface area contributed by atoms with Crippen LogP contribution in [0.4, 0.5) is 9.59 Å². The van der Waals surface area contributed by atoms with Gasteiger partial charge in [-0.1, -0.05) is 81.1 Å². The number of carbonyl (C=O) groups is 2. The minimum absolute atomic E-state index is 0.0607. The molecule has 2 N–H and O–H groups in total. The summed E-state index contributed by atoms with van der Waals surface area (Å²) in [5, 5.41) is 14.8. The zero-order chi connectivity index (χ0) is 31.1. The number of amides is 3. The standard InChI is InChI=1S/C36H46N2O6/c1-23(2)27-15-18-36(22-42-36)31-29-19-24(3)28(16-17-35(4,41)32(43-29)30(27)31)44-34(40)38(21-26-13-9-6-10-14-26)33(39)37-20-25-11-7-5-8-12-25/h5-14,23,27-32,41H,3,15-22H2,1-2,4H3,(H,37,39)/t27-,28+,29-,30-,31-,32-,35-,36?/m1/s1. The molecule has 3 heterocycles. The highest BCUT2D eigenvalue weighted by molar-refractivity contribution is 5.91. The van der Waals surface area contributed by atoms with Gasteiger partial charge in [-0.25, -0.2) is 14.5 Å². The van der Waals surface area contributed by atoms with Gasteiger partial charge in [0.15, 0.2) is 0 Å². The fourth-order valence-electron chi connectivity index (χ4n) is 8.04. The number of epoxide rings is 1. The molecule has 236 valence electrons. The molecule has 0 aromatic heterocycles. The van der Waals surface area contributed by atoms with Crippen molar-refractivity contribution in [1.29, 1.82) is 0 Å². The fourth-order valence-corrected chi connectivity index (χ4v) is 8.04. The highest BCUT2D eigenvalue weighted by atomic mass is 16.6. The molecule has 3 aliphatic heterocycles. The molecule has 44 heavy (non-hydrogen) atoms. The van der Waals surface area contributed by atoms with Crippen molar-refractivity contribution in [3.63, 3.8) is 0 Å². The number of imide groups is 1. The molecule has 1 aliphatic carbocycles. The largest absolute Gasteiger partial charge is 0.441 e. The highest BCUT2D eigenvalue weighted by Crippen LogP contribution is 2.61. The van der Waals surface area contributed by atoms with Crippen LogP contribution in [0.25, 0.3) is 0 Å². The Bertz CT molecular complexity index is 1340. The van der Waals surface area contributed by atoms with Gasteiger partial charge in [-0.15, -0.1) is 0 Å². The number of urea groups is 1. The first-order valence-electron chi connectivity index (χ1n) is 16.1. The number of aliphatic hydroxyl groups is 1. The lowest BCUT2D eigenvalue weighted by atomic mass is 9.59. The van der Waals surface area contributed by atoms with E-state index >= 15 is 0 Å². The van der Waals surface area contributed by atoms with Crippen LogP contribution in [-0.2, 0) is 27.3 Å². The second-order valence-electron chi connectivity index (χ2n) is 13.8. The Morgan fingerprint density at radius 3 is 2.36 bits per heavy atom. The maximum atomic E-state index is 13.8. The summed E-state index contributed by atoms with van der Waals surface area (Å²) in [5.74, 6) is 1.28. The van der Waals surface area contributed by atoms with Crippen molar-refractivity contribution in [3.8, 4) is 0 Å². The Hall–Kier alpha value is -3.20. The van der Waals surface area contributed by atoms with Crippen molar-refractivity contribution in [2.24, 2.45) is 23.7 Å². The van der Waals surface area contributed by atoms with Gasteiger partial charge in [0, 0.05) is 12.5 Å². The molecule has 2 aromatic carbocycles. The maximum absolute atomic E-state index is 13.8. The van der Waals surface area contributed by atoms with Crippen LogP contribution < -0.4 is 5.32 Å². The first-order chi connectivity index (χ1) is 21.1. The molecule has 1 spiro atoms. The predicted molar refractivity (Wildman–Crippen MR) is 166 cm³/mol. The number of carbonyl (C=O) groups excluding carboxylic acids is 2. The van der Waals surface area contributed by atoms with Crippen molar-refractivity contribution in [3.05, 3.63) is 83.9 Å². The molecule has 1 unspecified atom stereocenters. The van der Waals surface area contributed by atoms with Crippen LogP contribution in [-0.4, -0.2) is 58.3 Å². The Morgan fingerprint density at radius 2 is 1.73 bits per heavy atom. The van der Waals surface area contributed by atoms with Crippen LogP contribution in [0, 0.1) is 23.7 Å². The number of ether oxygens (including phenoxy) is 3. The topological polar surface area (TPSA) is 101 Å². The molecule has 3 saturated heterocycles. The molecule has 2 aromatic rings. The fraction of sp³-hybridized carbons (Fsp3) is 0.556. The molecule has 0 radical (unpaired) electrons. The number of benzene rings is 2. The Kier molecular flexibility index (Phi) is 8.61. The molecule has 8 atom stereocenters. The van der Waals surface area contributed by atoms with E-state index in [-0.39, 0.29) is 42.7 Å². The Morgan fingerprint density at radius 1 is 1.07 bits per heavy atom. The zero-order valence-electron chi connectivity index (χ0n) is 26.1. The van der Waals surface area contributed by atoms with E-state index in [9.17, 15) is 14.7 Å². The molecule has 6 rings (SSSR count). The smallest absolute Gasteiger partial charge is 0.418 e. The predicted octanol–water partition coefficient (Wildman–Crippen LogP) is 6.23. The van der Waals surface area contributed by atoms with Crippen molar-refractivity contribution in [2.45, 2.75) is 95.5 Å². The number of hydrogen-bond donors (Lipinski definition) is 2. The second kappa shape index (κ2) is 12.3. The molecule has 8 nitrogen and oxygen atoms in total. The molecule has 4 fully saturated rings. The van der Waals surface area contributed by atoms with E-state index in [4.69, 9.17) is 14.2 Å². The third-order valence-corrected chi connectivity index (χ3v) is 10.5. The SMILES string of the molecule is C=C1C[C@H]2O[C@H]([C@H]3[C@@H]2C2(CC[C@@H]3C(C)C)CO2)[C@](C)(O)CC[C@@H]1OC(=O)N(Cc1ccccc1)C(=O)NCc1ccccc1. The van der Waals surface area contributed by atoms with E-state index in [1.807, 2.05) is 67.6 Å². The normalized spacial score (nSPS) is 34.4. The van der Waals surface area contributed by atoms with Crippen LogP contribution in [0.1, 0.15) is 64.0 Å². The lowest BCUT2D eigenvalue weighted by Crippen LogP contribution is -2.52. The van der Waals surface area contributed by atoms with Crippen LogP contribution in [0.15, 0.2) is 72.8 Å². The summed E-state index contributed by atoms with van der Waals surface area (Å²) in [6.45, 7) is 11.8. The van der Waals surface area contributed by atoms with E-state index in [2.05, 4.69) is 25.7 Å². The number of hydrogen-bond acceptors (Lipinski definition) is 6. The van der Waals surface area contributed by atoms with Gasteiger partial charge in [0.2, 0.25) is 0 Å². The van der Waals surface area contributed by atoms with Gasteiger partial charge >= 0.3 is 12.1 Å². The Labute approximate surface area is 260 Å². The first-order valence-corrected chi connectivity index (χ1v) is 16.1. The minimum atomic E-state index is -1.12. The van der Waals surface area contributed by atoms with Gasteiger partial charge in [-0.2, -0.15) is 0 Å². The molecular weight excluding hydrogens is 556 g/mol. The summed E-state index contributed by atoms with van der Waals surface area (Å²) in [7, 11) is 0. The van der Waals surface area contributed by atoms with Crippen LogP contribution in [0.5, 0.6) is 0 Å². The van der Waals surface area contributed by atoms with Crippen molar-refractivity contribution < 1.29 is 28.9 Å². The van der Waals surface area contributed by atoms with E-state index in [1.54, 1.807) is 0 Å². The molecular formula is C36H46N2O6. The molecule has 3 amide bonds. The summed E-state index contributed by atoms with van der Waals surface area (Å²) in [5.41, 5.74) is 1.16. The lowest BCUT2D eigenvalue weighted by Gasteiger charge is -2.45. The zero-order valence-corrected chi connectivity index (χ0v) is 26.1. The number of fused-ring (bicyclic) bond motifs is 6. The third kappa shape index (κ3) is 6.17. The summed E-state index contributed by atoms with van der Waals surface area (Å²) < 4.78 is 19.0. The van der Waals surface area contributed by atoms with Gasteiger partial charge in [-0.3, -0.25) is 0 Å². The first kappa shape index (κ1) is 30.8. The monoisotopic (exact) mass is 602 g/mol. The summed E-state index contributed by atoms with van der Waals surface area (Å²) in [6, 6.07) is 18.4. The number of nitrogens with zero attached hydrogens (tertiary/aromatic N) is 1. The van der Waals surface area contributed by atoms with Gasteiger partial charge in [0.1, 0.15) is 6.10 Å². The number of nitrogens with one attached hydrogen (secondary N) is 1. The van der Waals surface area contributed by atoms with E-state index in [0.717, 1.165) is 41.0 Å². The highest BCUT2D eigenvalue weighted by Gasteiger charge is 2.68.